The average Bonchev–Trinajstić information content (AvgIpc) is 2.30. The van der Waals surface area contributed by atoms with Crippen LogP contribution in [0.4, 0.5) is 8.78 Å². The fourth-order valence-electron chi connectivity index (χ4n) is 1.09. The van der Waals surface area contributed by atoms with Crippen LogP contribution >= 0.6 is 0 Å². The molecule has 1 rings (SSSR count). The van der Waals surface area contributed by atoms with Crippen molar-refractivity contribution in [2.24, 2.45) is 5.11 Å². The van der Waals surface area contributed by atoms with E-state index in [0.717, 1.165) is 13.2 Å². The van der Waals surface area contributed by atoms with Crippen LogP contribution < -0.4 is 0 Å². The Balaban J connectivity index is 3.17. The Morgan fingerprint density at radius 3 is 2.75 bits per heavy atom. The number of carbonyl (C=O) groups is 1. The summed E-state index contributed by atoms with van der Waals surface area (Å²) >= 11 is 0. The van der Waals surface area contributed by atoms with Gasteiger partial charge in [-0.1, -0.05) is 11.2 Å². The van der Waals surface area contributed by atoms with Crippen molar-refractivity contribution >= 4 is 5.97 Å². The predicted molar refractivity (Wildman–Crippen MR) is 50.5 cm³/mol. The summed E-state index contributed by atoms with van der Waals surface area (Å²) in [7, 11) is 1.06. The molecule has 7 heteroatoms. The van der Waals surface area contributed by atoms with Crippen LogP contribution in [0.3, 0.4) is 0 Å². The molecule has 0 fully saturated rings. The van der Waals surface area contributed by atoms with Gasteiger partial charge in [-0.15, -0.1) is 0 Å². The van der Waals surface area contributed by atoms with Gasteiger partial charge in [0.25, 0.3) is 0 Å². The number of esters is 1. The summed E-state index contributed by atoms with van der Waals surface area (Å²) in [6.07, 6.45) is 0. The minimum absolute atomic E-state index is 0.122. The van der Waals surface area contributed by atoms with E-state index in [1.807, 2.05) is 0 Å². The molecule has 16 heavy (non-hydrogen) atoms. The molecule has 0 amide bonds. The van der Waals surface area contributed by atoms with Crippen molar-refractivity contribution in [2.45, 2.75) is 6.54 Å². The molecule has 0 aliphatic heterocycles. The first-order chi connectivity index (χ1) is 7.61. The summed E-state index contributed by atoms with van der Waals surface area (Å²) in [4.78, 5) is 13.4. The lowest BCUT2D eigenvalue weighted by Crippen LogP contribution is -2.07. The van der Waals surface area contributed by atoms with Crippen LogP contribution in [0, 0.1) is 11.6 Å². The van der Waals surface area contributed by atoms with Gasteiger partial charge in [-0.2, -0.15) is 0 Å². The van der Waals surface area contributed by atoms with E-state index in [4.69, 9.17) is 5.53 Å². The molecule has 5 nitrogen and oxygen atoms in total. The van der Waals surface area contributed by atoms with E-state index < -0.39 is 23.2 Å². The summed E-state index contributed by atoms with van der Waals surface area (Å²) in [6.45, 7) is -0.319. The quantitative estimate of drug-likeness (QED) is 0.344. The summed E-state index contributed by atoms with van der Waals surface area (Å²) < 4.78 is 30.9. The molecular weight excluding hydrogens is 220 g/mol. The highest BCUT2D eigenvalue weighted by Crippen LogP contribution is 2.17. The Labute approximate surface area is 89.3 Å². The van der Waals surface area contributed by atoms with Crippen LogP contribution in [0.25, 0.3) is 10.4 Å². The first-order valence-corrected chi connectivity index (χ1v) is 4.17. The van der Waals surface area contributed by atoms with Crippen molar-refractivity contribution in [3.05, 3.63) is 45.3 Å². The zero-order chi connectivity index (χ0) is 12.1. The SMILES string of the molecule is COC(=O)c1ccc(CN=[N+]=[N-])c(F)c1F. The Morgan fingerprint density at radius 1 is 1.50 bits per heavy atom. The molecule has 84 valence electrons. The third kappa shape index (κ3) is 2.26. The smallest absolute Gasteiger partial charge is 0.340 e. The maximum Gasteiger partial charge on any atom is 0.340 e. The van der Waals surface area contributed by atoms with Crippen LogP contribution in [-0.2, 0) is 11.3 Å². The number of rotatable bonds is 3. The highest BCUT2D eigenvalue weighted by molar-refractivity contribution is 5.89. The molecule has 0 radical (unpaired) electrons. The first-order valence-electron chi connectivity index (χ1n) is 4.17. The van der Waals surface area contributed by atoms with E-state index >= 15 is 0 Å². The number of halogens is 2. The minimum Gasteiger partial charge on any atom is -0.465 e. The van der Waals surface area contributed by atoms with E-state index in [-0.39, 0.29) is 12.1 Å². The molecule has 0 atom stereocenters. The Morgan fingerprint density at radius 2 is 2.19 bits per heavy atom. The fourth-order valence-corrected chi connectivity index (χ4v) is 1.09. The molecule has 0 unspecified atom stereocenters. The Hall–Kier alpha value is -2.14. The Bertz CT molecular complexity index is 470. The molecule has 1 aromatic rings. The highest BCUT2D eigenvalue weighted by Gasteiger charge is 2.18. The molecule has 0 saturated carbocycles. The lowest BCUT2D eigenvalue weighted by Gasteiger charge is -2.04. The molecule has 0 spiro atoms. The fraction of sp³-hybridized carbons (Fsp3) is 0.222. The number of methoxy groups -OCH3 is 1. The zero-order valence-corrected chi connectivity index (χ0v) is 8.28. The van der Waals surface area contributed by atoms with Gasteiger partial charge < -0.3 is 4.74 Å². The van der Waals surface area contributed by atoms with Gasteiger partial charge in [0.1, 0.15) is 0 Å². The van der Waals surface area contributed by atoms with Gasteiger partial charge in [0.05, 0.1) is 19.2 Å². The van der Waals surface area contributed by atoms with Gasteiger partial charge in [-0.3, -0.25) is 0 Å². The van der Waals surface area contributed by atoms with E-state index in [0.29, 0.717) is 0 Å². The van der Waals surface area contributed by atoms with Crippen LogP contribution in [0.5, 0.6) is 0 Å². The zero-order valence-electron chi connectivity index (χ0n) is 8.28. The van der Waals surface area contributed by atoms with E-state index in [1.165, 1.54) is 6.07 Å². The van der Waals surface area contributed by atoms with Crippen molar-refractivity contribution in [1.29, 1.82) is 0 Å². The molecule has 0 aliphatic rings. The summed E-state index contributed by atoms with van der Waals surface area (Å²) in [5.74, 6) is -3.49. The minimum atomic E-state index is -1.31. The van der Waals surface area contributed by atoms with E-state index in [1.54, 1.807) is 0 Å². The lowest BCUT2D eigenvalue weighted by atomic mass is 10.1. The van der Waals surface area contributed by atoms with Gasteiger partial charge >= 0.3 is 5.97 Å². The summed E-state index contributed by atoms with van der Waals surface area (Å²) in [5, 5.41) is 3.10. The number of hydrogen-bond acceptors (Lipinski definition) is 3. The van der Waals surface area contributed by atoms with Gasteiger partial charge in [0, 0.05) is 4.91 Å². The molecule has 0 aromatic heterocycles. The van der Waals surface area contributed by atoms with Crippen molar-refractivity contribution in [3.8, 4) is 0 Å². The van der Waals surface area contributed by atoms with Gasteiger partial charge in [0.2, 0.25) is 0 Å². The number of benzene rings is 1. The molecule has 0 aliphatic carbocycles. The first kappa shape index (κ1) is 11.9. The maximum atomic E-state index is 13.3. The van der Waals surface area contributed by atoms with E-state index in [9.17, 15) is 13.6 Å². The maximum absolute atomic E-state index is 13.3. The number of ether oxygens (including phenoxy) is 1. The second kappa shape index (κ2) is 5.09. The number of nitrogens with zero attached hydrogens (tertiary/aromatic N) is 3. The topological polar surface area (TPSA) is 75.1 Å². The molecule has 0 saturated heterocycles. The van der Waals surface area contributed by atoms with Crippen molar-refractivity contribution < 1.29 is 18.3 Å². The van der Waals surface area contributed by atoms with Crippen molar-refractivity contribution in [2.75, 3.05) is 7.11 Å². The Kier molecular flexibility index (Phi) is 3.79. The number of azide groups is 1. The van der Waals surface area contributed by atoms with Crippen LogP contribution in [0.1, 0.15) is 15.9 Å². The normalized spacial score (nSPS) is 9.44. The molecular formula is C9H7F2N3O2. The van der Waals surface area contributed by atoms with Crippen molar-refractivity contribution in [1.82, 2.24) is 0 Å². The second-order valence-corrected chi connectivity index (χ2v) is 2.78. The average molecular weight is 227 g/mol. The van der Waals surface area contributed by atoms with Gasteiger partial charge in [0.15, 0.2) is 11.6 Å². The van der Waals surface area contributed by atoms with Gasteiger partial charge in [-0.05, 0) is 17.2 Å². The lowest BCUT2D eigenvalue weighted by molar-refractivity contribution is 0.0594. The summed E-state index contributed by atoms with van der Waals surface area (Å²) in [6, 6.07) is 2.24. The molecule has 0 N–H and O–H groups in total. The van der Waals surface area contributed by atoms with Crippen LogP contribution in [-0.4, -0.2) is 13.1 Å². The van der Waals surface area contributed by atoms with Crippen LogP contribution in [0.2, 0.25) is 0 Å². The van der Waals surface area contributed by atoms with Gasteiger partial charge in [-0.25, -0.2) is 13.6 Å². The third-order valence-electron chi connectivity index (χ3n) is 1.87. The number of hydrogen-bond donors (Lipinski definition) is 0. The monoisotopic (exact) mass is 227 g/mol. The molecule has 0 bridgehead atoms. The molecule has 1 aromatic carbocycles. The number of carbonyl (C=O) groups excluding carboxylic acids is 1. The third-order valence-corrected chi connectivity index (χ3v) is 1.87. The standard InChI is InChI=1S/C9H7F2N3O2/c1-16-9(15)6-3-2-5(4-13-14-12)7(10)8(6)11/h2-3H,4H2,1H3. The predicted octanol–water partition coefficient (Wildman–Crippen LogP) is 2.56. The molecule has 0 heterocycles. The highest BCUT2D eigenvalue weighted by atomic mass is 19.2. The largest absolute Gasteiger partial charge is 0.465 e. The second-order valence-electron chi connectivity index (χ2n) is 2.78. The van der Waals surface area contributed by atoms with E-state index in [2.05, 4.69) is 14.8 Å². The summed E-state index contributed by atoms with van der Waals surface area (Å²) in [5.41, 5.74) is 7.42. The van der Waals surface area contributed by atoms with Crippen molar-refractivity contribution in [3.63, 3.8) is 0 Å². The van der Waals surface area contributed by atoms with Crippen LogP contribution in [0.15, 0.2) is 17.2 Å².